The highest BCUT2D eigenvalue weighted by molar-refractivity contribution is 7.92. The van der Waals surface area contributed by atoms with Crippen molar-refractivity contribution in [2.24, 2.45) is 0 Å². The largest absolute Gasteiger partial charge is 0.352 e. The summed E-state index contributed by atoms with van der Waals surface area (Å²) in [6, 6.07) is 8.06. The van der Waals surface area contributed by atoms with E-state index in [0.29, 0.717) is 10.6 Å². The van der Waals surface area contributed by atoms with Gasteiger partial charge in [-0.25, -0.2) is 8.42 Å². The third-order valence-electron chi connectivity index (χ3n) is 4.79. The van der Waals surface area contributed by atoms with Crippen LogP contribution >= 0.6 is 46.4 Å². The van der Waals surface area contributed by atoms with Crippen molar-refractivity contribution in [1.29, 1.82) is 0 Å². The smallest absolute Gasteiger partial charge is 0.244 e. The summed E-state index contributed by atoms with van der Waals surface area (Å²) in [5.41, 5.74) is 0.664. The molecule has 0 fully saturated rings. The second-order valence-electron chi connectivity index (χ2n) is 7.97. The van der Waals surface area contributed by atoms with Crippen LogP contribution in [0.2, 0.25) is 20.1 Å². The van der Waals surface area contributed by atoms with Gasteiger partial charge in [0.05, 0.1) is 27.0 Å². The van der Waals surface area contributed by atoms with Gasteiger partial charge in [0.15, 0.2) is 0 Å². The minimum atomic E-state index is -3.93. The molecule has 0 aliphatic rings. The highest BCUT2D eigenvalue weighted by atomic mass is 35.5. The van der Waals surface area contributed by atoms with Crippen LogP contribution in [0, 0.1) is 0 Å². The van der Waals surface area contributed by atoms with Crippen molar-refractivity contribution in [2.45, 2.75) is 39.4 Å². The van der Waals surface area contributed by atoms with Gasteiger partial charge in [-0.3, -0.25) is 13.9 Å². The second-order valence-corrected chi connectivity index (χ2v) is 11.5. The minimum Gasteiger partial charge on any atom is -0.352 e. The van der Waals surface area contributed by atoms with E-state index in [1.807, 2.05) is 0 Å². The molecule has 1 N–H and O–H groups in total. The predicted molar refractivity (Wildman–Crippen MR) is 138 cm³/mol. The molecule has 1 atom stereocenters. The number of carbonyl (C=O) groups is 2. The lowest BCUT2D eigenvalue weighted by Gasteiger charge is -2.32. The van der Waals surface area contributed by atoms with Crippen LogP contribution in [-0.4, -0.2) is 50.0 Å². The molecule has 0 aromatic heterocycles. The molecule has 0 radical (unpaired) electrons. The summed E-state index contributed by atoms with van der Waals surface area (Å²) in [5, 5.41) is 3.74. The zero-order valence-corrected chi connectivity index (χ0v) is 22.8. The van der Waals surface area contributed by atoms with Crippen molar-refractivity contribution in [1.82, 2.24) is 10.2 Å². The Morgan fingerprint density at radius 1 is 0.941 bits per heavy atom. The summed E-state index contributed by atoms with van der Waals surface area (Å²) in [4.78, 5) is 27.5. The van der Waals surface area contributed by atoms with E-state index in [-0.39, 0.29) is 33.3 Å². The van der Waals surface area contributed by atoms with E-state index in [2.05, 4.69) is 5.32 Å². The van der Waals surface area contributed by atoms with Gasteiger partial charge in [0.2, 0.25) is 21.8 Å². The van der Waals surface area contributed by atoms with Gasteiger partial charge in [0.1, 0.15) is 12.6 Å². The van der Waals surface area contributed by atoms with Crippen molar-refractivity contribution >= 4 is 73.9 Å². The van der Waals surface area contributed by atoms with Gasteiger partial charge in [-0.15, -0.1) is 0 Å². The lowest BCUT2D eigenvalue weighted by molar-refractivity contribution is -0.139. The molecule has 34 heavy (non-hydrogen) atoms. The van der Waals surface area contributed by atoms with E-state index < -0.39 is 34.4 Å². The topological polar surface area (TPSA) is 86.8 Å². The van der Waals surface area contributed by atoms with Crippen LogP contribution in [-0.2, 0) is 26.2 Å². The van der Waals surface area contributed by atoms with Gasteiger partial charge in [0, 0.05) is 17.6 Å². The first-order valence-electron chi connectivity index (χ1n) is 10.2. The highest BCUT2D eigenvalue weighted by Crippen LogP contribution is 2.31. The fourth-order valence-corrected chi connectivity index (χ4v) is 4.70. The number of halogens is 4. The molecule has 0 heterocycles. The van der Waals surface area contributed by atoms with Gasteiger partial charge < -0.3 is 10.2 Å². The maximum atomic E-state index is 13.5. The van der Waals surface area contributed by atoms with E-state index in [1.54, 1.807) is 39.0 Å². The average molecular weight is 569 g/mol. The van der Waals surface area contributed by atoms with Crippen LogP contribution in [0.25, 0.3) is 0 Å². The van der Waals surface area contributed by atoms with E-state index >= 15 is 0 Å². The molecule has 2 aromatic carbocycles. The third kappa shape index (κ3) is 7.65. The first-order chi connectivity index (χ1) is 15.7. The van der Waals surface area contributed by atoms with E-state index in [1.165, 1.54) is 23.1 Å². The Bertz CT molecular complexity index is 1170. The number of anilines is 1. The predicted octanol–water partition coefficient (Wildman–Crippen LogP) is 5.01. The number of benzene rings is 2. The molecule has 0 saturated carbocycles. The zero-order chi connectivity index (χ0) is 25.8. The Morgan fingerprint density at radius 2 is 1.56 bits per heavy atom. The summed E-state index contributed by atoms with van der Waals surface area (Å²) < 4.78 is 26.0. The Balaban J connectivity index is 2.46. The minimum absolute atomic E-state index is 0.0106. The van der Waals surface area contributed by atoms with Crippen molar-refractivity contribution in [3.63, 3.8) is 0 Å². The second kappa shape index (κ2) is 11.8. The number of amides is 2. The number of hydrogen-bond acceptors (Lipinski definition) is 4. The maximum absolute atomic E-state index is 13.5. The first kappa shape index (κ1) is 28.5. The SMILES string of the molecule is CC(C)NC(=O)[C@H](C)N(Cc1ccc(Cl)c(Cl)c1)C(=O)CN(c1cc(Cl)ccc1Cl)S(C)(=O)=O. The molecule has 2 aromatic rings. The van der Waals surface area contributed by atoms with Crippen LogP contribution in [0.1, 0.15) is 26.3 Å². The van der Waals surface area contributed by atoms with Crippen molar-refractivity contribution in [3.8, 4) is 0 Å². The summed E-state index contributed by atoms with van der Waals surface area (Å²) in [5.74, 6) is -1.02. The Kier molecular flexibility index (Phi) is 9.91. The summed E-state index contributed by atoms with van der Waals surface area (Å²) in [6.07, 6.45) is 0.954. The van der Waals surface area contributed by atoms with Crippen molar-refractivity contribution in [2.75, 3.05) is 17.1 Å². The number of sulfonamides is 1. The summed E-state index contributed by atoms with van der Waals surface area (Å²) in [6.45, 7) is 4.54. The van der Waals surface area contributed by atoms with E-state index in [9.17, 15) is 18.0 Å². The molecule has 2 rings (SSSR count). The van der Waals surface area contributed by atoms with Crippen LogP contribution < -0.4 is 9.62 Å². The molecule has 2 amide bonds. The molecular formula is C22H25Cl4N3O4S. The molecule has 0 aliphatic heterocycles. The Labute approximate surface area is 220 Å². The number of rotatable bonds is 9. The lowest BCUT2D eigenvalue weighted by atomic mass is 10.1. The average Bonchev–Trinajstić information content (AvgIpc) is 2.72. The van der Waals surface area contributed by atoms with Gasteiger partial charge in [0.25, 0.3) is 0 Å². The molecule has 0 unspecified atom stereocenters. The summed E-state index contributed by atoms with van der Waals surface area (Å²) in [7, 11) is -3.93. The van der Waals surface area contributed by atoms with Crippen LogP contribution in [0.4, 0.5) is 5.69 Å². The molecule has 0 aliphatic carbocycles. The number of nitrogens with one attached hydrogen (secondary N) is 1. The van der Waals surface area contributed by atoms with E-state index in [0.717, 1.165) is 10.6 Å². The standard InChI is InChI=1S/C22H25Cl4N3O4S/c1-13(2)27-22(31)14(3)28(11-15-5-7-17(24)19(26)9-15)21(30)12-29(34(4,32)33)20-10-16(23)6-8-18(20)25/h5-10,13-14H,11-12H2,1-4H3,(H,27,31)/t14-/m0/s1. The molecular weight excluding hydrogens is 544 g/mol. The van der Waals surface area contributed by atoms with E-state index in [4.69, 9.17) is 46.4 Å². The van der Waals surface area contributed by atoms with Crippen LogP contribution in [0.5, 0.6) is 0 Å². The van der Waals surface area contributed by atoms with Gasteiger partial charge >= 0.3 is 0 Å². The van der Waals surface area contributed by atoms with Crippen molar-refractivity contribution in [3.05, 3.63) is 62.1 Å². The summed E-state index contributed by atoms with van der Waals surface area (Å²) >= 11 is 24.4. The van der Waals surface area contributed by atoms with Gasteiger partial charge in [-0.05, 0) is 56.7 Å². The zero-order valence-electron chi connectivity index (χ0n) is 19.0. The number of nitrogens with zero attached hydrogens (tertiary/aromatic N) is 2. The van der Waals surface area contributed by atoms with Crippen LogP contribution in [0.3, 0.4) is 0 Å². The number of hydrogen-bond donors (Lipinski definition) is 1. The lowest BCUT2D eigenvalue weighted by Crippen LogP contribution is -2.52. The monoisotopic (exact) mass is 567 g/mol. The molecule has 186 valence electrons. The van der Waals surface area contributed by atoms with Gasteiger partial charge in [-0.2, -0.15) is 0 Å². The Hall–Kier alpha value is -1.71. The molecule has 0 saturated heterocycles. The fraction of sp³-hybridized carbons (Fsp3) is 0.364. The van der Waals surface area contributed by atoms with Gasteiger partial charge in [-0.1, -0.05) is 52.5 Å². The molecule has 7 nitrogen and oxygen atoms in total. The highest BCUT2D eigenvalue weighted by Gasteiger charge is 2.31. The Morgan fingerprint density at radius 3 is 2.12 bits per heavy atom. The molecule has 12 heteroatoms. The number of carbonyl (C=O) groups excluding carboxylic acids is 2. The first-order valence-corrected chi connectivity index (χ1v) is 13.5. The quantitative estimate of drug-likeness (QED) is 0.461. The molecule has 0 bridgehead atoms. The normalized spacial score (nSPS) is 12.4. The van der Waals surface area contributed by atoms with Crippen molar-refractivity contribution < 1.29 is 18.0 Å². The van der Waals surface area contributed by atoms with Crippen LogP contribution in [0.15, 0.2) is 36.4 Å². The third-order valence-corrected chi connectivity index (χ3v) is 7.21. The fourth-order valence-electron chi connectivity index (χ4n) is 3.09. The molecule has 0 spiro atoms. The maximum Gasteiger partial charge on any atom is 0.244 e.